The third-order valence-electron chi connectivity index (χ3n) is 5.42. The highest BCUT2D eigenvalue weighted by Crippen LogP contribution is 2.42. The van der Waals surface area contributed by atoms with Crippen molar-refractivity contribution in [2.45, 2.75) is 78.6 Å². The number of hydrogen-bond donors (Lipinski definition) is 0. The number of allylic oxidation sites excluding steroid dienone is 3. The lowest BCUT2D eigenvalue weighted by atomic mass is 9.79. The zero-order valence-corrected chi connectivity index (χ0v) is 17.5. The highest BCUT2D eigenvalue weighted by atomic mass is 16.6. The molecule has 1 aliphatic heterocycles. The minimum absolute atomic E-state index is 0.393. The predicted molar refractivity (Wildman–Crippen MR) is 104 cm³/mol. The maximum atomic E-state index is 12.8. The summed E-state index contributed by atoms with van der Waals surface area (Å²) in [5, 5.41) is 0. The van der Waals surface area contributed by atoms with Gasteiger partial charge in [0, 0.05) is 18.9 Å². The fourth-order valence-electron chi connectivity index (χ4n) is 3.73. The van der Waals surface area contributed by atoms with Crippen molar-refractivity contribution >= 4 is 17.9 Å². The number of ether oxygens (including phenoxy) is 3. The molecule has 0 bridgehead atoms. The summed E-state index contributed by atoms with van der Waals surface area (Å²) in [4.78, 5) is 37.1. The largest absolute Gasteiger partial charge is 0.462 e. The molecule has 2 aliphatic rings. The van der Waals surface area contributed by atoms with Gasteiger partial charge in [0.05, 0.1) is 5.92 Å². The molecule has 0 N–H and O–H groups in total. The maximum Gasteiger partial charge on any atom is 0.351 e. The van der Waals surface area contributed by atoms with Crippen molar-refractivity contribution in [2.75, 3.05) is 0 Å². The van der Waals surface area contributed by atoms with Crippen LogP contribution in [0.3, 0.4) is 0 Å². The summed E-state index contributed by atoms with van der Waals surface area (Å²) in [6.45, 7) is 10.2. The Morgan fingerprint density at radius 1 is 1.25 bits per heavy atom. The number of fused-ring (bicyclic) bond motifs is 1. The SMILES string of the molecule is C/C=C(/C)C(=O)O[C@]1(C)C(=O)O[C@@H]2/C=C(\C)CC/C=C(\C)C[C@H](OC(C)=O)[C@H]21. The molecule has 0 amide bonds. The first kappa shape index (κ1) is 21.9. The molecule has 0 aromatic carbocycles. The van der Waals surface area contributed by atoms with E-state index in [2.05, 4.69) is 6.08 Å². The Kier molecular flexibility index (Phi) is 6.86. The molecular weight excluding hydrogens is 360 g/mol. The highest BCUT2D eigenvalue weighted by molar-refractivity contribution is 5.92. The summed E-state index contributed by atoms with van der Waals surface area (Å²) in [5.41, 5.74) is 0.958. The van der Waals surface area contributed by atoms with Crippen LogP contribution >= 0.6 is 0 Å². The summed E-state index contributed by atoms with van der Waals surface area (Å²) in [7, 11) is 0. The molecule has 0 aromatic heterocycles. The van der Waals surface area contributed by atoms with Crippen molar-refractivity contribution in [1.29, 1.82) is 0 Å². The summed E-state index contributed by atoms with van der Waals surface area (Å²) in [6.07, 6.45) is 6.47. The van der Waals surface area contributed by atoms with Gasteiger partial charge in [0.1, 0.15) is 12.2 Å². The van der Waals surface area contributed by atoms with Gasteiger partial charge in [-0.25, -0.2) is 9.59 Å². The Morgan fingerprint density at radius 3 is 2.54 bits per heavy atom. The van der Waals surface area contributed by atoms with Crippen molar-refractivity contribution in [3.63, 3.8) is 0 Å². The van der Waals surface area contributed by atoms with E-state index < -0.39 is 41.6 Å². The molecule has 2 rings (SSSR count). The monoisotopic (exact) mass is 390 g/mol. The van der Waals surface area contributed by atoms with Crippen LogP contribution in [0.5, 0.6) is 0 Å². The van der Waals surface area contributed by atoms with Crippen LogP contribution in [0.4, 0.5) is 0 Å². The smallest absolute Gasteiger partial charge is 0.351 e. The first-order valence-corrected chi connectivity index (χ1v) is 9.66. The average Bonchev–Trinajstić information content (AvgIpc) is 2.82. The topological polar surface area (TPSA) is 78.9 Å². The van der Waals surface area contributed by atoms with Crippen LogP contribution in [0.1, 0.15) is 60.8 Å². The van der Waals surface area contributed by atoms with Gasteiger partial charge in [0.2, 0.25) is 5.60 Å². The standard InChI is InChI=1S/C22H30O6/c1-7-15(4)20(24)28-22(6)19-17(26-16(5)23)11-13(2)9-8-10-14(3)12-18(19)27-21(22)25/h7,9,12,17-19H,8,10-11H2,1-6H3/b13-9+,14-12+,15-7-/t17-,18+,19+,22-/m0/s1. The van der Waals surface area contributed by atoms with E-state index in [0.717, 1.165) is 24.0 Å². The van der Waals surface area contributed by atoms with E-state index in [0.29, 0.717) is 12.0 Å². The van der Waals surface area contributed by atoms with Crippen molar-refractivity contribution < 1.29 is 28.6 Å². The summed E-state index contributed by atoms with van der Waals surface area (Å²) in [5.74, 6) is -2.31. The lowest BCUT2D eigenvalue weighted by molar-refractivity contribution is -0.175. The van der Waals surface area contributed by atoms with Crippen LogP contribution in [-0.2, 0) is 28.6 Å². The fourth-order valence-corrected chi connectivity index (χ4v) is 3.73. The second-order valence-electron chi connectivity index (χ2n) is 7.82. The van der Waals surface area contributed by atoms with Crippen LogP contribution < -0.4 is 0 Å². The Labute approximate surface area is 166 Å². The van der Waals surface area contributed by atoms with Gasteiger partial charge in [-0.3, -0.25) is 4.79 Å². The predicted octanol–water partition coefficient (Wildman–Crippen LogP) is 3.80. The van der Waals surface area contributed by atoms with Crippen LogP contribution in [0.2, 0.25) is 0 Å². The van der Waals surface area contributed by atoms with Crippen molar-refractivity contribution in [2.24, 2.45) is 5.92 Å². The van der Waals surface area contributed by atoms with Crippen LogP contribution in [0.15, 0.2) is 34.9 Å². The number of carbonyl (C=O) groups is 3. The zero-order valence-electron chi connectivity index (χ0n) is 17.5. The van der Waals surface area contributed by atoms with Gasteiger partial charge >= 0.3 is 17.9 Å². The second-order valence-corrected chi connectivity index (χ2v) is 7.82. The second kappa shape index (κ2) is 8.76. The van der Waals surface area contributed by atoms with Gasteiger partial charge in [-0.15, -0.1) is 0 Å². The van der Waals surface area contributed by atoms with Crippen LogP contribution in [0, 0.1) is 5.92 Å². The molecule has 1 aliphatic carbocycles. The molecule has 1 heterocycles. The Bertz CT molecular complexity index is 744. The van der Waals surface area contributed by atoms with E-state index in [4.69, 9.17) is 14.2 Å². The Morgan fingerprint density at radius 2 is 1.93 bits per heavy atom. The van der Waals surface area contributed by atoms with Crippen LogP contribution in [0.25, 0.3) is 0 Å². The maximum absolute atomic E-state index is 12.8. The first-order chi connectivity index (χ1) is 13.1. The van der Waals surface area contributed by atoms with E-state index >= 15 is 0 Å². The van der Waals surface area contributed by atoms with Gasteiger partial charge in [-0.05, 0) is 53.5 Å². The van der Waals surface area contributed by atoms with Crippen LogP contribution in [-0.4, -0.2) is 35.7 Å². The molecule has 6 nitrogen and oxygen atoms in total. The van der Waals surface area contributed by atoms with Crippen molar-refractivity contribution in [3.8, 4) is 0 Å². The fraction of sp³-hybridized carbons (Fsp3) is 0.591. The number of carbonyl (C=O) groups excluding carboxylic acids is 3. The third-order valence-corrected chi connectivity index (χ3v) is 5.42. The zero-order chi connectivity index (χ0) is 21.1. The van der Waals surface area contributed by atoms with Crippen molar-refractivity contribution in [3.05, 3.63) is 34.9 Å². The molecule has 4 atom stereocenters. The van der Waals surface area contributed by atoms with Gasteiger partial charge < -0.3 is 14.2 Å². The third kappa shape index (κ3) is 4.72. The molecule has 28 heavy (non-hydrogen) atoms. The van der Waals surface area contributed by atoms with E-state index in [1.54, 1.807) is 26.8 Å². The lowest BCUT2D eigenvalue weighted by Crippen LogP contribution is -2.50. The highest BCUT2D eigenvalue weighted by Gasteiger charge is 2.60. The Hall–Kier alpha value is -2.37. The molecule has 154 valence electrons. The number of hydrogen-bond acceptors (Lipinski definition) is 6. The molecule has 0 radical (unpaired) electrons. The van der Waals surface area contributed by atoms with Gasteiger partial charge in [-0.2, -0.15) is 0 Å². The minimum atomic E-state index is -1.55. The Balaban J connectivity index is 2.53. The molecule has 0 saturated carbocycles. The van der Waals surface area contributed by atoms with E-state index in [-0.39, 0.29) is 0 Å². The van der Waals surface area contributed by atoms with E-state index in [1.807, 2.05) is 19.9 Å². The summed E-state index contributed by atoms with van der Waals surface area (Å²) in [6, 6.07) is 0. The lowest BCUT2D eigenvalue weighted by Gasteiger charge is -2.34. The first-order valence-electron chi connectivity index (χ1n) is 9.66. The molecule has 0 aromatic rings. The average molecular weight is 390 g/mol. The molecule has 1 saturated heterocycles. The quantitative estimate of drug-likeness (QED) is 0.316. The number of rotatable bonds is 3. The number of esters is 3. The van der Waals surface area contributed by atoms with Gasteiger partial charge in [0.25, 0.3) is 0 Å². The summed E-state index contributed by atoms with van der Waals surface area (Å²) >= 11 is 0. The van der Waals surface area contributed by atoms with Gasteiger partial charge in [0.15, 0.2) is 0 Å². The van der Waals surface area contributed by atoms with E-state index in [1.165, 1.54) is 6.92 Å². The molecule has 0 unspecified atom stereocenters. The molecular formula is C22H30O6. The van der Waals surface area contributed by atoms with Gasteiger partial charge in [-0.1, -0.05) is 23.3 Å². The van der Waals surface area contributed by atoms with Crippen molar-refractivity contribution in [1.82, 2.24) is 0 Å². The minimum Gasteiger partial charge on any atom is -0.462 e. The molecule has 6 heteroatoms. The van der Waals surface area contributed by atoms with E-state index in [9.17, 15) is 14.4 Å². The molecule has 0 spiro atoms. The molecule has 1 fully saturated rings. The summed E-state index contributed by atoms with van der Waals surface area (Å²) < 4.78 is 16.9. The normalized spacial score (nSPS) is 34.9.